The van der Waals surface area contributed by atoms with Gasteiger partial charge < -0.3 is 24.7 Å². The largest absolute Gasteiger partial charge is 0.393 e. The van der Waals surface area contributed by atoms with E-state index in [0.717, 1.165) is 0 Å². The summed E-state index contributed by atoms with van der Waals surface area (Å²) >= 11 is 0. The van der Waals surface area contributed by atoms with Crippen LogP contribution in [0.25, 0.3) is 0 Å². The van der Waals surface area contributed by atoms with Crippen molar-refractivity contribution in [3.05, 3.63) is 22.7 Å². The second-order valence-electron chi connectivity index (χ2n) is 5.47. The predicted octanol–water partition coefficient (Wildman–Crippen LogP) is -1.64. The van der Waals surface area contributed by atoms with Crippen LogP contribution in [0, 0.1) is 0 Å². The van der Waals surface area contributed by atoms with Gasteiger partial charge in [-0.05, 0) is 6.07 Å². The summed E-state index contributed by atoms with van der Waals surface area (Å²) in [7, 11) is 0. The quantitative estimate of drug-likeness (QED) is 0.611. The molecule has 1 aromatic rings. The molecule has 22 heavy (non-hydrogen) atoms. The van der Waals surface area contributed by atoms with Crippen LogP contribution in [0.2, 0.25) is 0 Å². The summed E-state index contributed by atoms with van der Waals surface area (Å²) in [5, 5.41) is 19.7. The Kier molecular flexibility index (Phi) is 3.73. The average molecular weight is 311 g/mol. The number of carbonyl (C=O) groups is 1. The maximum atomic E-state index is 12.0. The first-order valence-corrected chi connectivity index (χ1v) is 6.91. The first kappa shape index (κ1) is 15.1. The molecule has 2 saturated heterocycles. The summed E-state index contributed by atoms with van der Waals surface area (Å²) in [4.78, 5) is 30.7. The fourth-order valence-corrected chi connectivity index (χ4v) is 2.92. The summed E-state index contributed by atoms with van der Waals surface area (Å²) in [6.45, 7) is 0.932. The van der Waals surface area contributed by atoms with Crippen LogP contribution in [0.1, 0.15) is 13.3 Å². The SMILES string of the molecule is CC(=O)N(c1cc[nH]c(=O)n1)[C@H]1CC2OC[C@](CO)(O1)[C@H]2O. The van der Waals surface area contributed by atoms with E-state index in [0.29, 0.717) is 0 Å². The highest BCUT2D eigenvalue weighted by Crippen LogP contribution is 2.39. The number of fused-ring (bicyclic) bond motifs is 2. The first-order valence-electron chi connectivity index (χ1n) is 6.91. The Morgan fingerprint density at radius 3 is 3.05 bits per heavy atom. The van der Waals surface area contributed by atoms with E-state index in [-0.39, 0.29) is 24.8 Å². The molecular weight excluding hydrogens is 294 g/mol. The van der Waals surface area contributed by atoms with Gasteiger partial charge in [-0.15, -0.1) is 0 Å². The van der Waals surface area contributed by atoms with Crippen molar-refractivity contribution < 1.29 is 24.5 Å². The number of nitrogens with one attached hydrogen (secondary N) is 1. The topological polar surface area (TPSA) is 125 Å². The number of hydrogen-bond donors (Lipinski definition) is 3. The van der Waals surface area contributed by atoms with Crippen molar-refractivity contribution in [2.75, 3.05) is 18.1 Å². The molecule has 120 valence electrons. The number of aromatic nitrogens is 2. The second-order valence-corrected chi connectivity index (χ2v) is 5.47. The van der Waals surface area contributed by atoms with Crippen LogP contribution in [-0.2, 0) is 14.3 Å². The Morgan fingerprint density at radius 2 is 2.41 bits per heavy atom. The number of anilines is 1. The zero-order valence-corrected chi connectivity index (χ0v) is 11.9. The van der Waals surface area contributed by atoms with Crippen molar-refractivity contribution in [2.24, 2.45) is 0 Å². The number of rotatable bonds is 3. The van der Waals surface area contributed by atoms with Crippen molar-refractivity contribution in [1.29, 1.82) is 0 Å². The summed E-state index contributed by atoms with van der Waals surface area (Å²) in [5.74, 6) is -0.225. The molecule has 0 spiro atoms. The maximum absolute atomic E-state index is 12.0. The first-order chi connectivity index (χ1) is 10.5. The Morgan fingerprint density at radius 1 is 1.64 bits per heavy atom. The Labute approximate surface area is 125 Å². The lowest BCUT2D eigenvalue weighted by atomic mass is 9.92. The van der Waals surface area contributed by atoms with Crippen molar-refractivity contribution in [3.8, 4) is 0 Å². The molecular formula is C13H17N3O6. The van der Waals surface area contributed by atoms with E-state index >= 15 is 0 Å². The maximum Gasteiger partial charge on any atom is 0.346 e. The summed E-state index contributed by atoms with van der Waals surface area (Å²) in [6, 6.07) is 1.48. The smallest absolute Gasteiger partial charge is 0.346 e. The molecule has 0 aliphatic carbocycles. The lowest BCUT2D eigenvalue weighted by Crippen LogP contribution is -2.60. The van der Waals surface area contributed by atoms with Gasteiger partial charge in [0.2, 0.25) is 5.91 Å². The van der Waals surface area contributed by atoms with Crippen molar-refractivity contribution >= 4 is 11.7 Å². The van der Waals surface area contributed by atoms with Crippen LogP contribution in [-0.4, -0.2) is 63.3 Å². The third-order valence-corrected chi connectivity index (χ3v) is 4.03. The molecule has 0 saturated carbocycles. The van der Waals surface area contributed by atoms with E-state index < -0.39 is 36.3 Å². The molecule has 3 rings (SSSR count). The van der Waals surface area contributed by atoms with Gasteiger partial charge in [0.1, 0.15) is 23.8 Å². The van der Waals surface area contributed by atoms with Crippen LogP contribution < -0.4 is 10.6 Å². The molecule has 0 radical (unpaired) electrons. The highest BCUT2D eigenvalue weighted by atomic mass is 16.6. The van der Waals surface area contributed by atoms with Gasteiger partial charge in [-0.1, -0.05) is 0 Å². The minimum absolute atomic E-state index is 0.0420. The zero-order chi connectivity index (χ0) is 15.9. The minimum Gasteiger partial charge on any atom is -0.393 e. The third kappa shape index (κ3) is 2.31. The Hall–Kier alpha value is -1.81. The van der Waals surface area contributed by atoms with Crippen LogP contribution >= 0.6 is 0 Å². The normalized spacial score (nSPS) is 33.7. The minimum atomic E-state index is -1.26. The molecule has 2 bridgehead atoms. The molecule has 0 aromatic carbocycles. The number of nitrogens with zero attached hydrogens (tertiary/aromatic N) is 2. The van der Waals surface area contributed by atoms with Gasteiger partial charge in [0, 0.05) is 19.5 Å². The molecule has 3 heterocycles. The van der Waals surface area contributed by atoms with E-state index in [4.69, 9.17) is 9.47 Å². The highest BCUT2D eigenvalue weighted by molar-refractivity contribution is 5.90. The number of H-pyrrole nitrogens is 1. The van der Waals surface area contributed by atoms with Crippen LogP contribution in [0.3, 0.4) is 0 Å². The number of ether oxygens (including phenoxy) is 2. The van der Waals surface area contributed by atoms with Gasteiger partial charge in [-0.3, -0.25) is 9.69 Å². The Bertz CT molecular complexity index is 634. The summed E-state index contributed by atoms with van der Waals surface area (Å²) < 4.78 is 11.2. The lowest BCUT2D eigenvalue weighted by molar-refractivity contribution is -0.185. The molecule has 1 amide bonds. The fourth-order valence-electron chi connectivity index (χ4n) is 2.92. The number of carbonyl (C=O) groups excluding carboxylic acids is 1. The van der Waals surface area contributed by atoms with Crippen LogP contribution in [0.4, 0.5) is 5.82 Å². The second kappa shape index (κ2) is 5.43. The lowest BCUT2D eigenvalue weighted by Gasteiger charge is -2.42. The van der Waals surface area contributed by atoms with E-state index in [2.05, 4.69) is 9.97 Å². The number of aromatic amines is 1. The number of amides is 1. The van der Waals surface area contributed by atoms with Crippen molar-refractivity contribution in [3.63, 3.8) is 0 Å². The van der Waals surface area contributed by atoms with E-state index in [1.165, 1.54) is 24.1 Å². The molecule has 1 unspecified atom stereocenters. The Balaban J connectivity index is 1.94. The van der Waals surface area contributed by atoms with Gasteiger partial charge in [-0.2, -0.15) is 4.98 Å². The van der Waals surface area contributed by atoms with E-state index in [9.17, 15) is 19.8 Å². The average Bonchev–Trinajstić information content (AvgIpc) is 2.67. The molecule has 2 aliphatic rings. The number of aliphatic hydroxyl groups is 2. The number of hydrogen-bond acceptors (Lipinski definition) is 7. The van der Waals surface area contributed by atoms with Crippen molar-refractivity contribution in [2.45, 2.75) is 37.4 Å². The fraction of sp³-hybridized carbons (Fsp3) is 0.615. The molecule has 2 fully saturated rings. The van der Waals surface area contributed by atoms with Crippen LogP contribution in [0.15, 0.2) is 17.1 Å². The van der Waals surface area contributed by atoms with Gasteiger partial charge in [-0.25, -0.2) is 4.79 Å². The third-order valence-electron chi connectivity index (χ3n) is 4.03. The predicted molar refractivity (Wildman–Crippen MR) is 73.1 cm³/mol. The monoisotopic (exact) mass is 311 g/mol. The molecule has 1 aromatic heterocycles. The van der Waals surface area contributed by atoms with Crippen molar-refractivity contribution in [1.82, 2.24) is 9.97 Å². The molecule has 4 atom stereocenters. The number of aliphatic hydroxyl groups excluding tert-OH is 2. The van der Waals surface area contributed by atoms with Gasteiger partial charge in [0.15, 0.2) is 0 Å². The standard InChI is InChI=1S/C13H17N3O6/c1-7(18)16(9-2-3-14-12(20)15-9)10-4-8-11(19)13(5-17,22-10)6-21-8/h2-3,8,10-11,17,19H,4-6H2,1H3,(H,14,15,20)/t8?,10-,11+,13+/m1/s1. The molecule has 3 N–H and O–H groups in total. The van der Waals surface area contributed by atoms with Gasteiger partial charge in [0.25, 0.3) is 0 Å². The molecule has 9 nitrogen and oxygen atoms in total. The molecule has 2 aliphatic heterocycles. The molecule has 9 heteroatoms. The summed E-state index contributed by atoms with van der Waals surface area (Å²) in [6.07, 6.45) is -0.693. The van der Waals surface area contributed by atoms with Gasteiger partial charge in [0.05, 0.1) is 19.3 Å². The zero-order valence-electron chi connectivity index (χ0n) is 11.9. The summed E-state index contributed by atoms with van der Waals surface area (Å²) in [5.41, 5.74) is -1.85. The van der Waals surface area contributed by atoms with E-state index in [1.54, 1.807) is 0 Å². The van der Waals surface area contributed by atoms with Crippen LogP contribution in [0.5, 0.6) is 0 Å². The van der Waals surface area contributed by atoms with Gasteiger partial charge >= 0.3 is 5.69 Å². The van der Waals surface area contributed by atoms with E-state index in [1.807, 2.05) is 0 Å². The highest BCUT2D eigenvalue weighted by Gasteiger charge is 2.57.